The molecule has 1 saturated carbocycles. The fourth-order valence-electron chi connectivity index (χ4n) is 5.91. The molecule has 3 amide bonds. The van der Waals surface area contributed by atoms with Crippen LogP contribution in [0.5, 0.6) is 0 Å². The Labute approximate surface area is 238 Å². The molecule has 2 aromatic rings. The molecule has 41 heavy (non-hydrogen) atoms. The Bertz CT molecular complexity index is 1360. The minimum atomic E-state index is -0.996. The highest BCUT2D eigenvalue weighted by molar-refractivity contribution is 5.92. The van der Waals surface area contributed by atoms with Crippen molar-refractivity contribution < 1.29 is 32.7 Å². The number of piperidine rings is 1. The van der Waals surface area contributed by atoms with E-state index in [1.807, 2.05) is 6.07 Å². The smallest absolute Gasteiger partial charge is 0.411 e. The van der Waals surface area contributed by atoms with Crippen molar-refractivity contribution in [1.82, 2.24) is 15.1 Å². The van der Waals surface area contributed by atoms with Crippen LogP contribution in [-0.4, -0.2) is 77.7 Å². The van der Waals surface area contributed by atoms with Crippen LogP contribution in [0.1, 0.15) is 56.2 Å². The van der Waals surface area contributed by atoms with Crippen LogP contribution in [0.25, 0.3) is 11.3 Å². The number of morpholine rings is 1. The Morgan fingerprint density at radius 2 is 1.93 bits per heavy atom. The number of nitriles is 1. The summed E-state index contributed by atoms with van der Waals surface area (Å²) in [5.74, 6) is -0.735. The van der Waals surface area contributed by atoms with Gasteiger partial charge in [-0.15, -0.1) is 0 Å². The van der Waals surface area contributed by atoms with Crippen molar-refractivity contribution in [2.45, 2.75) is 70.2 Å². The van der Waals surface area contributed by atoms with Gasteiger partial charge in [-0.1, -0.05) is 12.1 Å². The van der Waals surface area contributed by atoms with Gasteiger partial charge in [-0.2, -0.15) is 5.26 Å². The Morgan fingerprint density at radius 3 is 2.61 bits per heavy atom. The molecular weight excluding hydrogens is 531 g/mol. The van der Waals surface area contributed by atoms with E-state index in [0.717, 1.165) is 19.3 Å². The number of hydrogen-bond acceptors (Lipinski definition) is 7. The summed E-state index contributed by atoms with van der Waals surface area (Å²) in [7, 11) is 0. The van der Waals surface area contributed by atoms with Crippen LogP contribution >= 0.6 is 0 Å². The van der Waals surface area contributed by atoms with Crippen molar-refractivity contribution in [2.24, 2.45) is 5.92 Å². The Hall–Kier alpha value is -3.91. The lowest BCUT2D eigenvalue weighted by atomic mass is 9.97. The van der Waals surface area contributed by atoms with E-state index < -0.39 is 35.5 Å². The number of nitrogens with one attached hydrogen (secondary N) is 1. The molecule has 2 bridgehead atoms. The molecule has 0 radical (unpaired) electrons. The first kappa shape index (κ1) is 28.6. The summed E-state index contributed by atoms with van der Waals surface area (Å²) in [6.45, 7) is 7.23. The van der Waals surface area contributed by atoms with Gasteiger partial charge in [-0.05, 0) is 69.7 Å². The van der Waals surface area contributed by atoms with Gasteiger partial charge in [-0.25, -0.2) is 9.18 Å². The summed E-state index contributed by atoms with van der Waals surface area (Å²) in [4.78, 5) is 42.1. The minimum Gasteiger partial charge on any atom is -0.451 e. The second-order valence-corrected chi connectivity index (χ2v) is 11.8. The topological polar surface area (TPSA) is 125 Å². The molecule has 218 valence electrons. The third kappa shape index (κ3) is 6.22. The molecule has 0 unspecified atom stereocenters. The average Bonchev–Trinajstić information content (AvgIpc) is 3.69. The number of nitrogens with zero attached hydrogens (tertiary/aromatic N) is 3. The second kappa shape index (κ2) is 11.5. The predicted octanol–water partition coefficient (Wildman–Crippen LogP) is 3.90. The van der Waals surface area contributed by atoms with Gasteiger partial charge >= 0.3 is 6.09 Å². The summed E-state index contributed by atoms with van der Waals surface area (Å²) in [6, 6.07) is 7.92. The van der Waals surface area contributed by atoms with Crippen molar-refractivity contribution in [3.63, 3.8) is 0 Å². The number of benzene rings is 1. The van der Waals surface area contributed by atoms with Gasteiger partial charge < -0.3 is 24.1 Å². The van der Waals surface area contributed by atoms with Crippen LogP contribution in [0.4, 0.5) is 9.18 Å². The van der Waals surface area contributed by atoms with Gasteiger partial charge in [0, 0.05) is 31.1 Å². The van der Waals surface area contributed by atoms with Crippen LogP contribution in [0.2, 0.25) is 0 Å². The van der Waals surface area contributed by atoms with E-state index >= 15 is 4.39 Å². The highest BCUT2D eigenvalue weighted by Crippen LogP contribution is 2.43. The minimum absolute atomic E-state index is 0.00352. The number of furan rings is 1. The van der Waals surface area contributed by atoms with Crippen LogP contribution in [0.15, 0.2) is 34.7 Å². The van der Waals surface area contributed by atoms with E-state index in [0.29, 0.717) is 37.6 Å². The van der Waals surface area contributed by atoms with Crippen molar-refractivity contribution in [2.75, 3.05) is 26.3 Å². The Kier molecular flexibility index (Phi) is 8.04. The maximum Gasteiger partial charge on any atom is 0.411 e. The molecule has 2 saturated heterocycles. The molecule has 1 aromatic carbocycles. The largest absolute Gasteiger partial charge is 0.451 e. The molecule has 1 aromatic heterocycles. The highest BCUT2D eigenvalue weighted by atomic mass is 19.1. The Balaban J connectivity index is 1.24. The third-order valence-corrected chi connectivity index (χ3v) is 7.81. The molecule has 11 heteroatoms. The van der Waals surface area contributed by atoms with E-state index in [1.165, 1.54) is 17.0 Å². The van der Waals surface area contributed by atoms with Gasteiger partial charge in [0.2, 0.25) is 5.91 Å². The first-order chi connectivity index (χ1) is 19.5. The van der Waals surface area contributed by atoms with Gasteiger partial charge in [0.25, 0.3) is 5.91 Å². The molecule has 1 N–H and O–H groups in total. The third-order valence-electron chi connectivity index (χ3n) is 7.81. The zero-order chi connectivity index (χ0) is 29.3. The monoisotopic (exact) mass is 566 g/mol. The van der Waals surface area contributed by atoms with Gasteiger partial charge in [0.15, 0.2) is 5.76 Å². The fraction of sp³-hybridized carbons (Fsp3) is 0.533. The number of ether oxygens (including phenoxy) is 2. The number of hydrogen-bond donors (Lipinski definition) is 1. The molecule has 1 aliphatic carbocycles. The number of amides is 3. The molecule has 3 aliphatic rings. The quantitative estimate of drug-likeness (QED) is 0.562. The van der Waals surface area contributed by atoms with Gasteiger partial charge in [-0.3, -0.25) is 14.5 Å². The number of carbonyl (C=O) groups excluding carboxylic acids is 3. The molecule has 3 fully saturated rings. The van der Waals surface area contributed by atoms with E-state index in [1.54, 1.807) is 43.9 Å². The molecule has 0 spiro atoms. The van der Waals surface area contributed by atoms with Crippen molar-refractivity contribution in [1.29, 1.82) is 5.26 Å². The fourth-order valence-corrected chi connectivity index (χ4v) is 5.91. The first-order valence-corrected chi connectivity index (χ1v) is 14.0. The predicted molar refractivity (Wildman–Crippen MR) is 145 cm³/mol. The number of rotatable bonds is 6. The summed E-state index contributed by atoms with van der Waals surface area (Å²) in [6.07, 6.45) is 1.76. The number of carbonyl (C=O) groups is 3. The molecular formula is C30H35FN4O6. The number of fused-ring (bicyclic) bond motifs is 2. The molecule has 4 atom stereocenters. The summed E-state index contributed by atoms with van der Waals surface area (Å²) in [5.41, 5.74) is -0.0117. The lowest BCUT2D eigenvalue weighted by molar-refractivity contribution is -0.128. The second-order valence-electron chi connectivity index (χ2n) is 11.8. The summed E-state index contributed by atoms with van der Waals surface area (Å²) < 4.78 is 31.7. The summed E-state index contributed by atoms with van der Waals surface area (Å²) >= 11 is 0. The van der Waals surface area contributed by atoms with Crippen molar-refractivity contribution in [3.05, 3.63) is 47.5 Å². The molecule has 5 rings (SSSR count). The SMILES string of the molecule is CC(C)(C)OC(=O)N1[C@@H]2CC[C@@H](C2)[C@H]1C(=O)N[C@H](C#N)Cc1ccc(-c2ccc(C(=O)N3CCOCC3)o2)cc1F. The lowest BCUT2D eigenvalue weighted by Crippen LogP contribution is -2.55. The standard InChI is InChI=1S/C30H35FN4O6/c1-30(2,3)41-29(38)35-22-7-6-20(15-22)26(35)27(36)33-21(17-32)14-18-4-5-19(16-23(18)31)24-8-9-25(40-24)28(37)34-10-12-39-13-11-34/h4-5,8-9,16,20-22,26H,6-7,10-15H2,1-3H3,(H,33,36)/t20-,21-,22+,26-/m0/s1. The van der Waals surface area contributed by atoms with E-state index in [9.17, 15) is 19.6 Å². The first-order valence-electron chi connectivity index (χ1n) is 14.0. The normalized spacial score (nSPS) is 22.8. The van der Waals surface area contributed by atoms with Crippen molar-refractivity contribution in [3.8, 4) is 17.4 Å². The maximum absolute atomic E-state index is 15.2. The zero-order valence-corrected chi connectivity index (χ0v) is 23.5. The van der Waals surface area contributed by atoms with Gasteiger partial charge in [0.1, 0.15) is 29.3 Å². The van der Waals surface area contributed by atoms with Gasteiger partial charge in [0.05, 0.1) is 19.3 Å². The molecule has 2 aliphatic heterocycles. The molecule has 10 nitrogen and oxygen atoms in total. The maximum atomic E-state index is 15.2. The average molecular weight is 567 g/mol. The van der Waals surface area contributed by atoms with Crippen LogP contribution < -0.4 is 5.32 Å². The van der Waals surface area contributed by atoms with E-state index in [4.69, 9.17) is 13.9 Å². The molecule has 3 heterocycles. The van der Waals surface area contributed by atoms with Crippen LogP contribution in [0.3, 0.4) is 0 Å². The van der Waals surface area contributed by atoms with Crippen molar-refractivity contribution >= 4 is 17.9 Å². The lowest BCUT2D eigenvalue weighted by Gasteiger charge is -2.35. The highest BCUT2D eigenvalue weighted by Gasteiger charge is 2.52. The number of halogens is 1. The zero-order valence-electron chi connectivity index (χ0n) is 23.5. The number of likely N-dealkylation sites (tertiary alicyclic amines) is 1. The van der Waals surface area contributed by atoms with E-state index in [2.05, 4.69) is 5.32 Å². The van der Waals surface area contributed by atoms with Crippen LogP contribution in [0, 0.1) is 23.1 Å². The van der Waals surface area contributed by atoms with E-state index in [-0.39, 0.29) is 35.6 Å². The van der Waals surface area contributed by atoms with Crippen LogP contribution in [-0.2, 0) is 20.7 Å². The summed E-state index contributed by atoms with van der Waals surface area (Å²) in [5, 5.41) is 12.5. The Morgan fingerprint density at radius 1 is 1.17 bits per heavy atom.